The van der Waals surface area contributed by atoms with Crippen LogP contribution in [-0.2, 0) is 4.79 Å². The van der Waals surface area contributed by atoms with Crippen LogP contribution in [0.4, 0.5) is 5.13 Å². The lowest BCUT2D eigenvalue weighted by molar-refractivity contribution is -0.118. The Hall–Kier alpha value is -1.01. The molecule has 2 heterocycles. The maximum Gasteiger partial charge on any atom is 0.229 e. The SMILES string of the molecule is O=C(Nc1nncs1)C1CC12CCNC2. The highest BCUT2D eigenvalue weighted by molar-refractivity contribution is 7.13. The molecule has 0 aromatic carbocycles. The van der Waals surface area contributed by atoms with E-state index in [1.807, 2.05) is 0 Å². The van der Waals surface area contributed by atoms with Crippen LogP contribution in [0.1, 0.15) is 12.8 Å². The normalized spacial score (nSPS) is 33.2. The van der Waals surface area contributed by atoms with Gasteiger partial charge in [-0.15, -0.1) is 10.2 Å². The average molecular weight is 224 g/mol. The van der Waals surface area contributed by atoms with Gasteiger partial charge in [0.1, 0.15) is 5.51 Å². The molecule has 1 aliphatic carbocycles. The van der Waals surface area contributed by atoms with E-state index in [1.54, 1.807) is 5.51 Å². The molecule has 2 aliphatic rings. The fraction of sp³-hybridized carbons (Fsp3) is 0.667. The molecule has 2 N–H and O–H groups in total. The van der Waals surface area contributed by atoms with Gasteiger partial charge in [-0.25, -0.2) is 0 Å². The van der Waals surface area contributed by atoms with E-state index < -0.39 is 0 Å². The van der Waals surface area contributed by atoms with Gasteiger partial charge in [0.25, 0.3) is 0 Å². The molecule has 15 heavy (non-hydrogen) atoms. The number of aromatic nitrogens is 2. The van der Waals surface area contributed by atoms with Gasteiger partial charge in [-0.05, 0) is 24.8 Å². The Morgan fingerprint density at radius 3 is 3.33 bits per heavy atom. The third kappa shape index (κ3) is 1.53. The topological polar surface area (TPSA) is 66.9 Å². The van der Waals surface area contributed by atoms with Crippen LogP contribution in [0.5, 0.6) is 0 Å². The van der Waals surface area contributed by atoms with Crippen molar-refractivity contribution < 1.29 is 4.79 Å². The molecule has 1 aromatic heterocycles. The first-order chi connectivity index (χ1) is 7.30. The van der Waals surface area contributed by atoms with Gasteiger partial charge in [-0.3, -0.25) is 4.79 Å². The number of hydrogen-bond acceptors (Lipinski definition) is 5. The number of rotatable bonds is 2. The highest BCUT2D eigenvalue weighted by Gasteiger charge is 2.59. The van der Waals surface area contributed by atoms with Crippen LogP contribution in [-0.4, -0.2) is 29.2 Å². The zero-order valence-corrected chi connectivity index (χ0v) is 9.01. The number of nitrogens with zero attached hydrogens (tertiary/aromatic N) is 2. The van der Waals surface area contributed by atoms with Crippen molar-refractivity contribution in [1.82, 2.24) is 15.5 Å². The van der Waals surface area contributed by atoms with Gasteiger partial charge in [0, 0.05) is 12.5 Å². The van der Waals surface area contributed by atoms with Crippen molar-refractivity contribution in [3.05, 3.63) is 5.51 Å². The summed E-state index contributed by atoms with van der Waals surface area (Å²) in [6.45, 7) is 2.03. The van der Waals surface area contributed by atoms with Crippen LogP contribution >= 0.6 is 11.3 Å². The van der Waals surface area contributed by atoms with Crippen molar-refractivity contribution in [2.75, 3.05) is 18.4 Å². The van der Waals surface area contributed by atoms with Gasteiger partial charge in [0.15, 0.2) is 0 Å². The summed E-state index contributed by atoms with van der Waals surface area (Å²) < 4.78 is 0. The molecule has 1 aliphatic heterocycles. The van der Waals surface area contributed by atoms with E-state index in [-0.39, 0.29) is 17.2 Å². The largest absolute Gasteiger partial charge is 0.316 e. The Bertz CT molecular complexity index is 371. The average Bonchev–Trinajstić information content (AvgIpc) is 2.63. The van der Waals surface area contributed by atoms with Gasteiger partial charge in [0.05, 0.1) is 0 Å². The van der Waals surface area contributed by atoms with Crippen molar-refractivity contribution in [3.63, 3.8) is 0 Å². The molecule has 1 saturated heterocycles. The molecule has 1 aromatic rings. The minimum absolute atomic E-state index is 0.107. The van der Waals surface area contributed by atoms with Crippen LogP contribution in [0.25, 0.3) is 0 Å². The monoisotopic (exact) mass is 224 g/mol. The quantitative estimate of drug-likeness (QED) is 0.766. The molecule has 0 bridgehead atoms. The number of carbonyl (C=O) groups is 1. The van der Waals surface area contributed by atoms with E-state index in [1.165, 1.54) is 11.3 Å². The number of anilines is 1. The first-order valence-corrected chi connectivity index (χ1v) is 5.96. The summed E-state index contributed by atoms with van der Waals surface area (Å²) in [4.78, 5) is 11.8. The summed E-state index contributed by atoms with van der Waals surface area (Å²) in [7, 11) is 0. The molecule has 3 rings (SSSR count). The fourth-order valence-electron chi connectivity index (χ4n) is 2.37. The van der Waals surface area contributed by atoms with Crippen LogP contribution in [0.15, 0.2) is 5.51 Å². The first-order valence-electron chi connectivity index (χ1n) is 5.08. The molecule has 2 unspecified atom stereocenters. The minimum atomic E-state index is 0.107. The molecule has 1 saturated carbocycles. The van der Waals surface area contributed by atoms with Gasteiger partial charge in [-0.2, -0.15) is 0 Å². The Morgan fingerprint density at radius 1 is 1.73 bits per heavy atom. The van der Waals surface area contributed by atoms with E-state index >= 15 is 0 Å². The summed E-state index contributed by atoms with van der Waals surface area (Å²) in [5, 5.41) is 14.2. The molecule has 5 nitrogen and oxygen atoms in total. The summed E-state index contributed by atoms with van der Waals surface area (Å²) >= 11 is 1.36. The molecule has 6 heteroatoms. The van der Waals surface area contributed by atoms with Crippen LogP contribution in [0.3, 0.4) is 0 Å². The second kappa shape index (κ2) is 3.24. The summed E-state index contributed by atoms with van der Waals surface area (Å²) in [6, 6.07) is 0. The zero-order chi connectivity index (χ0) is 10.3. The first kappa shape index (κ1) is 9.23. The van der Waals surface area contributed by atoms with Crippen molar-refractivity contribution in [1.29, 1.82) is 0 Å². The highest BCUT2D eigenvalue weighted by atomic mass is 32.1. The molecule has 0 radical (unpaired) electrons. The van der Waals surface area contributed by atoms with E-state index in [0.29, 0.717) is 5.13 Å². The van der Waals surface area contributed by atoms with E-state index in [0.717, 1.165) is 25.9 Å². The third-order valence-electron chi connectivity index (χ3n) is 3.37. The minimum Gasteiger partial charge on any atom is -0.316 e. The van der Waals surface area contributed by atoms with Crippen molar-refractivity contribution in [3.8, 4) is 0 Å². The lowest BCUT2D eigenvalue weighted by atomic mass is 10.0. The molecule has 80 valence electrons. The molecular formula is C9H12N4OS. The van der Waals surface area contributed by atoms with Crippen molar-refractivity contribution in [2.24, 2.45) is 11.3 Å². The second-order valence-corrected chi connectivity index (χ2v) is 5.11. The smallest absolute Gasteiger partial charge is 0.229 e. The summed E-state index contributed by atoms with van der Waals surface area (Å²) in [5.41, 5.74) is 1.88. The second-order valence-electron chi connectivity index (χ2n) is 4.28. The number of amides is 1. The highest BCUT2D eigenvalue weighted by Crippen LogP contribution is 2.56. The Balaban J connectivity index is 1.63. The fourth-order valence-corrected chi connectivity index (χ4v) is 2.82. The zero-order valence-electron chi connectivity index (χ0n) is 8.19. The summed E-state index contributed by atoms with van der Waals surface area (Å²) in [6.07, 6.45) is 2.14. The predicted octanol–water partition coefficient (Wildman–Crippen LogP) is 0.476. The van der Waals surface area contributed by atoms with Gasteiger partial charge in [0.2, 0.25) is 11.0 Å². The maximum atomic E-state index is 11.8. The number of hydrogen-bond donors (Lipinski definition) is 2. The maximum absolute atomic E-state index is 11.8. The van der Waals surface area contributed by atoms with Gasteiger partial charge < -0.3 is 10.6 Å². The van der Waals surface area contributed by atoms with E-state index in [2.05, 4.69) is 20.8 Å². The molecule has 1 amide bonds. The van der Waals surface area contributed by atoms with Gasteiger partial charge in [-0.1, -0.05) is 11.3 Å². The Kier molecular flexibility index (Phi) is 2.00. The third-order valence-corrected chi connectivity index (χ3v) is 3.98. The molecular weight excluding hydrogens is 212 g/mol. The lowest BCUT2D eigenvalue weighted by Crippen LogP contribution is -2.20. The Labute approximate surface area is 91.3 Å². The van der Waals surface area contributed by atoms with E-state index in [4.69, 9.17) is 0 Å². The van der Waals surface area contributed by atoms with Crippen LogP contribution in [0.2, 0.25) is 0 Å². The van der Waals surface area contributed by atoms with Crippen molar-refractivity contribution in [2.45, 2.75) is 12.8 Å². The number of carbonyl (C=O) groups excluding carboxylic acids is 1. The number of nitrogens with one attached hydrogen (secondary N) is 2. The lowest BCUT2D eigenvalue weighted by Gasteiger charge is -2.05. The van der Waals surface area contributed by atoms with Crippen LogP contribution in [0, 0.1) is 11.3 Å². The standard InChI is InChI=1S/C9H12N4OS/c14-7(12-8-13-11-5-15-8)6-3-9(6)1-2-10-4-9/h5-6,10H,1-4H2,(H,12,13,14). The molecule has 2 atom stereocenters. The molecule has 2 fully saturated rings. The molecule has 1 spiro atoms. The van der Waals surface area contributed by atoms with E-state index in [9.17, 15) is 4.79 Å². The Morgan fingerprint density at radius 2 is 2.67 bits per heavy atom. The van der Waals surface area contributed by atoms with Crippen LogP contribution < -0.4 is 10.6 Å². The predicted molar refractivity (Wildman–Crippen MR) is 56.6 cm³/mol. The summed E-state index contributed by atoms with van der Waals surface area (Å²) in [5.74, 6) is 0.284. The van der Waals surface area contributed by atoms with Crippen molar-refractivity contribution >= 4 is 22.4 Å². The van der Waals surface area contributed by atoms with Gasteiger partial charge >= 0.3 is 0 Å².